The van der Waals surface area contributed by atoms with Crippen molar-refractivity contribution in [1.82, 2.24) is 14.7 Å². The Morgan fingerprint density at radius 3 is 2.62 bits per heavy atom. The average molecular weight is 456 g/mol. The van der Waals surface area contributed by atoms with Crippen LogP contribution in [0.15, 0.2) is 40.8 Å². The number of aryl methyl sites for hydroxylation is 2. The highest BCUT2D eigenvalue weighted by molar-refractivity contribution is 7.20. The Labute approximate surface area is 188 Å². The molecule has 4 rings (SSSR count). The summed E-state index contributed by atoms with van der Waals surface area (Å²) in [4.78, 5) is 27.8. The first-order valence-electron chi connectivity index (χ1n) is 9.91. The average Bonchev–Trinajstić information content (AvgIpc) is 3.44. The van der Waals surface area contributed by atoms with Crippen LogP contribution in [0.2, 0.25) is 0 Å². The van der Waals surface area contributed by atoms with E-state index in [4.69, 9.17) is 9.15 Å². The summed E-state index contributed by atoms with van der Waals surface area (Å²) in [5.41, 5.74) is 2.09. The molecular weight excluding hydrogens is 433 g/mol. The lowest BCUT2D eigenvalue weighted by Crippen LogP contribution is -2.25. The zero-order valence-corrected chi connectivity index (χ0v) is 19.0. The zero-order chi connectivity index (χ0) is 23.0. The third-order valence-corrected chi connectivity index (χ3v) is 6.31. The first kappa shape index (κ1) is 21.8. The largest absolute Gasteiger partial charge is 0.465 e. The molecule has 0 saturated carbocycles. The molecule has 0 spiro atoms. The van der Waals surface area contributed by atoms with Crippen LogP contribution in [0.25, 0.3) is 10.2 Å². The highest BCUT2D eigenvalue weighted by Crippen LogP contribution is 2.30. The highest BCUT2D eigenvalue weighted by atomic mass is 32.1. The van der Waals surface area contributed by atoms with E-state index in [2.05, 4.69) is 5.10 Å². The van der Waals surface area contributed by atoms with Crippen LogP contribution in [0.4, 0.5) is 4.39 Å². The fourth-order valence-electron chi connectivity index (χ4n) is 3.52. The van der Waals surface area contributed by atoms with Crippen LogP contribution in [0.1, 0.15) is 42.8 Å². The number of esters is 1. The Bertz CT molecular complexity index is 1300. The number of ether oxygens (including phenoxy) is 1. The highest BCUT2D eigenvalue weighted by Gasteiger charge is 2.22. The molecule has 3 heterocycles. The first-order chi connectivity index (χ1) is 15.3. The number of nitrogens with zero attached hydrogens (tertiary/aromatic N) is 3. The number of halogens is 1. The lowest BCUT2D eigenvalue weighted by molar-refractivity contribution is 0.0598. The minimum Gasteiger partial charge on any atom is -0.465 e. The molecule has 4 aromatic rings. The molecular formula is C23H22FN3O4S. The zero-order valence-electron chi connectivity index (χ0n) is 18.1. The Hall–Kier alpha value is -3.46. The number of fused-ring (bicyclic) bond motifs is 1. The molecule has 166 valence electrons. The number of methoxy groups -OCH3 is 1. The van der Waals surface area contributed by atoms with Crippen molar-refractivity contribution in [2.45, 2.75) is 26.9 Å². The number of amides is 1. The van der Waals surface area contributed by atoms with Gasteiger partial charge in [-0.3, -0.25) is 9.48 Å². The maximum Gasteiger partial charge on any atom is 0.341 e. The van der Waals surface area contributed by atoms with Crippen LogP contribution >= 0.6 is 11.3 Å². The summed E-state index contributed by atoms with van der Waals surface area (Å²) in [7, 11) is 2.99. The van der Waals surface area contributed by atoms with Gasteiger partial charge in [0.15, 0.2) is 0 Å². The number of rotatable bonds is 6. The maximum atomic E-state index is 13.2. The Morgan fingerprint density at radius 1 is 1.22 bits per heavy atom. The van der Waals surface area contributed by atoms with Crippen molar-refractivity contribution in [3.63, 3.8) is 0 Å². The first-order valence-corrected chi connectivity index (χ1v) is 10.7. The van der Waals surface area contributed by atoms with Crippen LogP contribution < -0.4 is 0 Å². The van der Waals surface area contributed by atoms with E-state index in [1.54, 1.807) is 32.2 Å². The van der Waals surface area contributed by atoms with Crippen LogP contribution in [0.3, 0.4) is 0 Å². The maximum absolute atomic E-state index is 13.2. The van der Waals surface area contributed by atoms with E-state index in [1.165, 1.54) is 35.5 Å². The molecule has 0 unspecified atom stereocenters. The van der Waals surface area contributed by atoms with E-state index in [1.807, 2.05) is 17.7 Å². The number of hydrogen-bond acceptors (Lipinski definition) is 6. The molecule has 1 amide bonds. The molecule has 9 heteroatoms. The minimum absolute atomic E-state index is 0.160. The standard InChI is InChI=1S/C23H22FN3O4S/c1-13-18-10-20(32-22(18)27(25-13)11-15-5-7-16(24)8-6-15)21(28)26(3)12-17-9-19(14(2)31-17)23(29)30-4/h5-10H,11-12H2,1-4H3. The molecule has 0 radical (unpaired) electrons. The number of hydrogen-bond donors (Lipinski definition) is 0. The van der Waals surface area contributed by atoms with E-state index in [0.717, 1.165) is 21.5 Å². The van der Waals surface area contributed by atoms with Gasteiger partial charge < -0.3 is 14.1 Å². The second-order valence-electron chi connectivity index (χ2n) is 7.53. The Kier molecular flexibility index (Phi) is 5.84. The molecule has 0 aliphatic heterocycles. The van der Waals surface area contributed by atoms with Gasteiger partial charge in [-0.05, 0) is 43.7 Å². The third kappa shape index (κ3) is 4.16. The minimum atomic E-state index is -0.475. The fraction of sp³-hybridized carbons (Fsp3) is 0.261. The number of benzene rings is 1. The SMILES string of the molecule is COC(=O)c1cc(CN(C)C(=O)c2cc3c(C)nn(Cc4ccc(F)cc4)c3s2)oc1C. The summed E-state index contributed by atoms with van der Waals surface area (Å²) in [6, 6.07) is 9.72. The number of carbonyl (C=O) groups excluding carboxylic acids is 2. The molecule has 0 atom stereocenters. The summed E-state index contributed by atoms with van der Waals surface area (Å²) in [5, 5.41) is 5.48. The van der Waals surface area contributed by atoms with E-state index >= 15 is 0 Å². The van der Waals surface area contributed by atoms with E-state index < -0.39 is 5.97 Å². The Balaban J connectivity index is 1.54. The molecule has 0 bridgehead atoms. The smallest absolute Gasteiger partial charge is 0.341 e. The van der Waals surface area contributed by atoms with Crippen molar-refractivity contribution in [2.75, 3.05) is 14.2 Å². The van der Waals surface area contributed by atoms with Gasteiger partial charge in [0.05, 0.1) is 30.8 Å². The van der Waals surface area contributed by atoms with Gasteiger partial charge >= 0.3 is 5.97 Å². The summed E-state index contributed by atoms with van der Waals surface area (Å²) < 4.78 is 25.4. The number of carbonyl (C=O) groups is 2. The van der Waals surface area contributed by atoms with Crippen LogP contribution in [-0.2, 0) is 17.8 Å². The summed E-state index contributed by atoms with van der Waals surface area (Å²) in [5.74, 6) is 0.0300. The van der Waals surface area contributed by atoms with Crippen molar-refractivity contribution in [3.05, 3.63) is 75.4 Å². The number of thiophene rings is 1. The second kappa shape index (κ2) is 8.58. The molecule has 0 aliphatic carbocycles. The van der Waals surface area contributed by atoms with Gasteiger partial charge in [-0.15, -0.1) is 11.3 Å². The van der Waals surface area contributed by atoms with Crippen molar-refractivity contribution < 1.29 is 23.1 Å². The van der Waals surface area contributed by atoms with Gasteiger partial charge in [0.2, 0.25) is 0 Å². The van der Waals surface area contributed by atoms with Gasteiger partial charge in [-0.25, -0.2) is 9.18 Å². The van der Waals surface area contributed by atoms with Crippen molar-refractivity contribution >= 4 is 33.4 Å². The predicted octanol–water partition coefficient (Wildman–Crippen LogP) is 4.55. The van der Waals surface area contributed by atoms with Crippen LogP contribution in [0.5, 0.6) is 0 Å². The van der Waals surface area contributed by atoms with Crippen LogP contribution in [-0.4, -0.2) is 40.7 Å². The molecule has 1 aromatic carbocycles. The van der Waals surface area contributed by atoms with Crippen molar-refractivity contribution in [1.29, 1.82) is 0 Å². The van der Waals surface area contributed by atoms with Gasteiger partial charge in [-0.2, -0.15) is 5.10 Å². The third-order valence-electron chi connectivity index (χ3n) is 5.18. The molecule has 0 fully saturated rings. The molecule has 32 heavy (non-hydrogen) atoms. The summed E-state index contributed by atoms with van der Waals surface area (Å²) in [6.45, 7) is 4.27. The quantitative estimate of drug-likeness (QED) is 0.399. The molecule has 0 aliphatic rings. The topological polar surface area (TPSA) is 77.6 Å². The van der Waals surface area contributed by atoms with Crippen molar-refractivity contribution in [3.8, 4) is 0 Å². The van der Waals surface area contributed by atoms with E-state index in [0.29, 0.717) is 28.5 Å². The fourth-order valence-corrected chi connectivity index (χ4v) is 4.67. The summed E-state index contributed by atoms with van der Waals surface area (Å²) >= 11 is 1.36. The lowest BCUT2D eigenvalue weighted by Gasteiger charge is -2.14. The van der Waals surface area contributed by atoms with Gasteiger partial charge in [0.25, 0.3) is 5.91 Å². The Morgan fingerprint density at radius 2 is 1.94 bits per heavy atom. The number of furan rings is 1. The molecule has 7 nitrogen and oxygen atoms in total. The van der Waals surface area contributed by atoms with Gasteiger partial charge in [0.1, 0.15) is 27.7 Å². The molecule has 3 aromatic heterocycles. The summed E-state index contributed by atoms with van der Waals surface area (Å²) in [6.07, 6.45) is 0. The van der Waals surface area contributed by atoms with Gasteiger partial charge in [-0.1, -0.05) is 12.1 Å². The number of aromatic nitrogens is 2. The monoisotopic (exact) mass is 455 g/mol. The molecule has 0 saturated heterocycles. The molecule has 0 N–H and O–H groups in total. The van der Waals surface area contributed by atoms with Crippen molar-refractivity contribution in [2.24, 2.45) is 0 Å². The normalized spacial score (nSPS) is 11.2. The van der Waals surface area contributed by atoms with E-state index in [-0.39, 0.29) is 18.3 Å². The second-order valence-corrected chi connectivity index (χ2v) is 8.57. The lowest BCUT2D eigenvalue weighted by atomic mass is 10.2. The van der Waals surface area contributed by atoms with E-state index in [9.17, 15) is 14.0 Å². The van der Waals surface area contributed by atoms with Crippen LogP contribution in [0, 0.1) is 19.7 Å². The van der Waals surface area contributed by atoms with Gasteiger partial charge in [0, 0.05) is 12.4 Å². The predicted molar refractivity (Wildman–Crippen MR) is 118 cm³/mol.